The van der Waals surface area contributed by atoms with Gasteiger partial charge >= 0.3 is 11.9 Å². The molecule has 0 fully saturated rings. The second-order valence-corrected chi connectivity index (χ2v) is 8.02. The number of benzene rings is 1. The second kappa shape index (κ2) is 20.4. The van der Waals surface area contributed by atoms with Crippen molar-refractivity contribution in [1.29, 1.82) is 0 Å². The van der Waals surface area contributed by atoms with Crippen molar-refractivity contribution in [2.45, 2.75) is 109 Å². The van der Waals surface area contributed by atoms with Crippen LogP contribution in [0.5, 0.6) is 0 Å². The van der Waals surface area contributed by atoms with Crippen LogP contribution >= 0.6 is 0 Å². The summed E-state index contributed by atoms with van der Waals surface area (Å²) in [6, 6.07) is 8.54. The second-order valence-electron chi connectivity index (χ2n) is 8.02. The average Bonchev–Trinajstić information content (AvgIpc) is 2.72. The van der Waals surface area contributed by atoms with Crippen molar-refractivity contribution in [2.75, 3.05) is 0 Å². The number of hydrogen-bond donors (Lipinski definition) is 3. The zero-order valence-electron chi connectivity index (χ0n) is 18.9. The van der Waals surface area contributed by atoms with E-state index >= 15 is 0 Å². The molecule has 0 saturated heterocycles. The Morgan fingerprint density at radius 2 is 1.20 bits per heavy atom. The highest BCUT2D eigenvalue weighted by atomic mass is 16.4. The van der Waals surface area contributed by atoms with E-state index in [1.807, 2.05) is 30.3 Å². The summed E-state index contributed by atoms with van der Waals surface area (Å²) in [6.45, 7) is 2.26. The fraction of sp³-hybridized carbons (Fsp3) is 0.680. The topological polar surface area (TPSA) is 101 Å². The third-order valence-corrected chi connectivity index (χ3v) is 5.11. The van der Waals surface area contributed by atoms with Crippen molar-refractivity contribution in [3.63, 3.8) is 0 Å². The molecule has 0 aliphatic carbocycles. The number of hydrogen-bond acceptors (Lipinski definition) is 3. The maximum atomic E-state index is 10.4. The van der Waals surface area contributed by atoms with Crippen LogP contribution in [0.15, 0.2) is 30.3 Å². The van der Waals surface area contributed by atoms with E-state index in [0.717, 1.165) is 18.4 Å². The van der Waals surface area contributed by atoms with Gasteiger partial charge in [0.15, 0.2) is 0 Å². The van der Waals surface area contributed by atoms with Gasteiger partial charge in [0.2, 0.25) is 0 Å². The third-order valence-electron chi connectivity index (χ3n) is 5.11. The minimum Gasteiger partial charge on any atom is -0.481 e. The lowest BCUT2D eigenvalue weighted by Gasteiger charge is -2.04. The zero-order chi connectivity index (χ0) is 22.5. The van der Waals surface area contributed by atoms with E-state index in [-0.39, 0.29) is 0 Å². The lowest BCUT2D eigenvalue weighted by molar-refractivity contribution is -0.139. The Kier molecular flexibility index (Phi) is 19.1. The molecule has 0 aliphatic rings. The summed E-state index contributed by atoms with van der Waals surface area (Å²) in [5.41, 5.74) is 6.30. The van der Waals surface area contributed by atoms with Crippen molar-refractivity contribution < 1.29 is 19.8 Å². The molecule has 0 spiro atoms. The summed E-state index contributed by atoms with van der Waals surface area (Å²) in [6.07, 6.45) is 17.7. The predicted octanol–water partition coefficient (Wildman–Crippen LogP) is 6.19. The van der Waals surface area contributed by atoms with Gasteiger partial charge in [-0.2, -0.15) is 0 Å². The lowest BCUT2D eigenvalue weighted by atomic mass is 10.0. The van der Waals surface area contributed by atoms with Gasteiger partial charge in [-0.15, -0.1) is 0 Å². The van der Waals surface area contributed by atoms with Crippen LogP contribution in [0.1, 0.15) is 102 Å². The fourth-order valence-corrected chi connectivity index (χ4v) is 3.25. The Bertz CT molecular complexity index is 533. The van der Waals surface area contributed by atoms with E-state index in [1.54, 1.807) is 0 Å². The van der Waals surface area contributed by atoms with E-state index in [1.165, 1.54) is 70.6 Å². The van der Waals surface area contributed by atoms with Crippen LogP contribution in [0.2, 0.25) is 0 Å². The number of carbonyl (C=O) groups is 2. The van der Waals surface area contributed by atoms with Crippen LogP contribution in [0.3, 0.4) is 0 Å². The van der Waals surface area contributed by atoms with Crippen LogP contribution in [-0.4, -0.2) is 28.2 Å². The Morgan fingerprint density at radius 1 is 0.767 bits per heavy atom. The highest BCUT2D eigenvalue weighted by Gasteiger charge is 2.10. The molecule has 0 heterocycles. The Labute approximate surface area is 183 Å². The van der Waals surface area contributed by atoms with Crippen LogP contribution in [0.4, 0.5) is 0 Å². The highest BCUT2D eigenvalue weighted by molar-refractivity contribution is 5.73. The highest BCUT2D eigenvalue weighted by Crippen LogP contribution is 2.12. The number of aliphatic carboxylic acids is 2. The average molecular weight is 422 g/mol. The fourth-order valence-electron chi connectivity index (χ4n) is 3.25. The maximum Gasteiger partial charge on any atom is 0.320 e. The number of carboxylic acids is 2. The van der Waals surface area contributed by atoms with Gasteiger partial charge in [-0.3, -0.25) is 9.59 Å². The first-order valence-electron chi connectivity index (χ1n) is 11.7. The van der Waals surface area contributed by atoms with Gasteiger partial charge < -0.3 is 15.9 Å². The molecule has 0 saturated carbocycles. The van der Waals surface area contributed by atoms with Gasteiger partial charge in [-0.25, -0.2) is 0 Å². The number of unbranched alkanes of at least 4 members (excludes halogenated alkanes) is 12. The molecule has 5 nitrogen and oxygen atoms in total. The van der Waals surface area contributed by atoms with E-state index in [2.05, 4.69) is 6.92 Å². The molecule has 5 heteroatoms. The zero-order valence-corrected chi connectivity index (χ0v) is 18.9. The normalized spacial score (nSPS) is 11.4. The van der Waals surface area contributed by atoms with Gasteiger partial charge in [0.05, 0.1) is 0 Å². The Balaban J connectivity index is 0.000000604. The first kappa shape index (κ1) is 28.1. The smallest absolute Gasteiger partial charge is 0.320 e. The molecular formula is C25H43NO4. The van der Waals surface area contributed by atoms with Crippen LogP contribution < -0.4 is 5.73 Å². The predicted molar refractivity (Wildman–Crippen MR) is 124 cm³/mol. The molecule has 1 aromatic rings. The number of carboxylic acid groups (broad SMARTS) is 2. The molecule has 1 aromatic carbocycles. The summed E-state index contributed by atoms with van der Waals surface area (Å²) in [5.74, 6) is -1.61. The van der Waals surface area contributed by atoms with E-state index < -0.39 is 18.0 Å². The number of rotatable bonds is 17. The summed E-state index contributed by atoms with van der Waals surface area (Å²) in [5, 5.41) is 17.0. The van der Waals surface area contributed by atoms with Crippen molar-refractivity contribution in [2.24, 2.45) is 5.73 Å². The summed E-state index contributed by atoms with van der Waals surface area (Å²) in [7, 11) is 0. The van der Waals surface area contributed by atoms with Crippen molar-refractivity contribution in [3.8, 4) is 0 Å². The summed E-state index contributed by atoms with van der Waals surface area (Å²) < 4.78 is 0. The van der Waals surface area contributed by atoms with Gasteiger partial charge in [-0.1, -0.05) is 114 Å². The molecule has 4 N–H and O–H groups in total. The van der Waals surface area contributed by atoms with Crippen molar-refractivity contribution in [3.05, 3.63) is 35.9 Å². The molecule has 0 aliphatic heterocycles. The first-order chi connectivity index (χ1) is 14.5. The monoisotopic (exact) mass is 421 g/mol. The van der Waals surface area contributed by atoms with Gasteiger partial charge in [0.1, 0.15) is 6.04 Å². The molecule has 172 valence electrons. The molecule has 30 heavy (non-hydrogen) atoms. The van der Waals surface area contributed by atoms with Gasteiger partial charge in [0.25, 0.3) is 0 Å². The van der Waals surface area contributed by atoms with E-state index in [0.29, 0.717) is 12.8 Å². The summed E-state index contributed by atoms with van der Waals surface area (Å²) in [4.78, 5) is 20.7. The Morgan fingerprint density at radius 3 is 1.60 bits per heavy atom. The van der Waals surface area contributed by atoms with Crippen LogP contribution in [0, 0.1) is 0 Å². The van der Waals surface area contributed by atoms with Gasteiger partial charge in [0, 0.05) is 6.42 Å². The molecule has 0 unspecified atom stereocenters. The SMILES string of the molecule is CCCCCCCCCCCCCCCC(=O)O.N[C@@H](Cc1ccccc1)C(=O)O. The molecule has 0 aromatic heterocycles. The minimum absolute atomic E-state index is 0.345. The molecule has 1 atom stereocenters. The lowest BCUT2D eigenvalue weighted by Crippen LogP contribution is -2.32. The molecule has 1 rings (SSSR count). The third kappa shape index (κ3) is 19.4. The van der Waals surface area contributed by atoms with Crippen LogP contribution in [-0.2, 0) is 16.0 Å². The van der Waals surface area contributed by atoms with E-state index in [9.17, 15) is 9.59 Å². The standard InChI is InChI=1S/C16H32O2.C9H11NO2/c1-2-3-4-5-6-7-8-9-10-11-12-13-14-15-16(17)18;10-8(9(11)12)6-7-4-2-1-3-5-7/h2-15H2,1H3,(H,17,18);1-5,8H,6,10H2,(H,11,12)/t;8-/m.0/s1. The van der Waals surface area contributed by atoms with Crippen molar-refractivity contribution in [1.82, 2.24) is 0 Å². The molecule has 0 bridgehead atoms. The molecular weight excluding hydrogens is 378 g/mol. The minimum atomic E-state index is -0.959. The largest absolute Gasteiger partial charge is 0.481 e. The summed E-state index contributed by atoms with van der Waals surface area (Å²) >= 11 is 0. The van der Waals surface area contributed by atoms with E-state index in [4.69, 9.17) is 15.9 Å². The van der Waals surface area contributed by atoms with Crippen LogP contribution in [0.25, 0.3) is 0 Å². The first-order valence-corrected chi connectivity index (χ1v) is 11.7. The van der Waals surface area contributed by atoms with Crippen molar-refractivity contribution >= 4 is 11.9 Å². The maximum absolute atomic E-state index is 10.4. The Hall–Kier alpha value is -1.88. The molecule has 0 radical (unpaired) electrons. The van der Waals surface area contributed by atoms with Gasteiger partial charge in [-0.05, 0) is 18.4 Å². The quantitative estimate of drug-likeness (QED) is 0.260. The number of nitrogens with two attached hydrogens (primary N) is 1. The molecule has 0 amide bonds.